The maximum atomic E-state index is 6.17. The molecule has 1 spiro atoms. The highest BCUT2D eigenvalue weighted by Gasteiger charge is 2.38. The number of hydrogen-bond donors (Lipinski definition) is 1. The van der Waals surface area contributed by atoms with Crippen LogP contribution in [0.2, 0.25) is 0 Å². The molecule has 1 N–H and O–H groups in total. The third kappa shape index (κ3) is 4.05. The summed E-state index contributed by atoms with van der Waals surface area (Å²) >= 11 is 4.22. The van der Waals surface area contributed by atoms with E-state index in [-0.39, 0.29) is 5.60 Å². The third-order valence-electron chi connectivity index (χ3n) is 4.93. The number of ether oxygens (including phenoxy) is 1. The summed E-state index contributed by atoms with van der Waals surface area (Å²) in [5.74, 6) is 6.28. The summed E-state index contributed by atoms with van der Waals surface area (Å²) in [6.45, 7) is 2.22. The Hall–Kier alpha value is 0.620. The van der Waals surface area contributed by atoms with E-state index in [1.54, 1.807) is 0 Å². The molecule has 0 aromatic carbocycles. The lowest BCUT2D eigenvalue weighted by molar-refractivity contribution is -0.0934. The molecule has 0 radical (unpaired) electrons. The van der Waals surface area contributed by atoms with Crippen LogP contribution in [-0.2, 0) is 4.74 Å². The van der Waals surface area contributed by atoms with Crippen molar-refractivity contribution in [3.63, 3.8) is 0 Å². The molecule has 4 heteroatoms. The van der Waals surface area contributed by atoms with E-state index in [0.717, 1.165) is 12.5 Å². The van der Waals surface area contributed by atoms with Crippen LogP contribution in [0.4, 0.5) is 0 Å². The first-order chi connectivity index (χ1) is 9.36. The molecule has 3 aliphatic rings. The first kappa shape index (κ1) is 14.6. The molecule has 3 rings (SSSR count). The third-order valence-corrected chi connectivity index (χ3v) is 6.97. The highest BCUT2D eigenvalue weighted by molar-refractivity contribution is 7.99. The van der Waals surface area contributed by atoms with Crippen LogP contribution in [0.1, 0.15) is 38.5 Å². The van der Waals surface area contributed by atoms with Gasteiger partial charge >= 0.3 is 0 Å². The van der Waals surface area contributed by atoms with Crippen molar-refractivity contribution in [1.82, 2.24) is 5.32 Å². The zero-order valence-electron chi connectivity index (χ0n) is 11.9. The van der Waals surface area contributed by atoms with Crippen LogP contribution >= 0.6 is 23.5 Å². The maximum absolute atomic E-state index is 6.17. The molecule has 0 aliphatic carbocycles. The Kier molecular flexibility index (Phi) is 5.41. The van der Waals surface area contributed by atoms with Gasteiger partial charge in [-0.2, -0.15) is 23.5 Å². The SMILES string of the molecule is C1CC(NCC2CCSCC2)CC2(CCSCC2)O1. The number of nitrogens with one attached hydrogen (secondary N) is 1. The van der Waals surface area contributed by atoms with Crippen molar-refractivity contribution in [1.29, 1.82) is 0 Å². The largest absolute Gasteiger partial charge is 0.375 e. The quantitative estimate of drug-likeness (QED) is 0.864. The average Bonchev–Trinajstić information content (AvgIpc) is 2.47. The monoisotopic (exact) mass is 301 g/mol. The fourth-order valence-electron chi connectivity index (χ4n) is 3.58. The van der Waals surface area contributed by atoms with Gasteiger partial charge in [0.2, 0.25) is 0 Å². The van der Waals surface area contributed by atoms with Gasteiger partial charge in [-0.15, -0.1) is 0 Å². The molecule has 3 saturated heterocycles. The van der Waals surface area contributed by atoms with E-state index in [2.05, 4.69) is 28.8 Å². The van der Waals surface area contributed by atoms with Gasteiger partial charge in [0, 0.05) is 12.6 Å². The molecule has 0 amide bonds. The smallest absolute Gasteiger partial charge is 0.0713 e. The Labute approximate surface area is 126 Å². The van der Waals surface area contributed by atoms with Crippen LogP contribution in [0.5, 0.6) is 0 Å². The van der Waals surface area contributed by atoms with E-state index in [1.165, 1.54) is 68.1 Å². The van der Waals surface area contributed by atoms with E-state index in [9.17, 15) is 0 Å². The van der Waals surface area contributed by atoms with Crippen LogP contribution in [0.3, 0.4) is 0 Å². The molecular weight excluding hydrogens is 274 g/mol. The molecule has 0 aromatic rings. The molecule has 0 bridgehead atoms. The lowest BCUT2D eigenvalue weighted by Crippen LogP contribution is -2.49. The normalized spacial score (nSPS) is 32.5. The maximum Gasteiger partial charge on any atom is 0.0713 e. The van der Waals surface area contributed by atoms with Crippen molar-refractivity contribution >= 4 is 23.5 Å². The van der Waals surface area contributed by atoms with E-state index in [1.807, 2.05) is 0 Å². The molecule has 2 nitrogen and oxygen atoms in total. The topological polar surface area (TPSA) is 21.3 Å². The minimum absolute atomic E-state index is 0.240. The minimum atomic E-state index is 0.240. The Balaban J connectivity index is 1.45. The van der Waals surface area contributed by atoms with E-state index in [0.29, 0.717) is 6.04 Å². The standard InChI is InChI=1S/C15H27NOS2/c1-6-17-15(4-9-19-10-5-15)11-14(1)16-12-13-2-7-18-8-3-13/h13-14,16H,1-12H2. The second-order valence-corrected chi connectivity index (χ2v) is 8.75. The van der Waals surface area contributed by atoms with Crippen molar-refractivity contribution in [2.75, 3.05) is 36.2 Å². The number of thioether (sulfide) groups is 2. The molecule has 19 heavy (non-hydrogen) atoms. The van der Waals surface area contributed by atoms with E-state index in [4.69, 9.17) is 4.74 Å². The van der Waals surface area contributed by atoms with Crippen molar-refractivity contribution in [3.8, 4) is 0 Å². The molecular formula is C15H27NOS2. The zero-order chi connectivity index (χ0) is 13.0. The lowest BCUT2D eigenvalue weighted by Gasteiger charge is -2.44. The highest BCUT2D eigenvalue weighted by atomic mass is 32.2. The molecule has 0 saturated carbocycles. The van der Waals surface area contributed by atoms with E-state index >= 15 is 0 Å². The van der Waals surface area contributed by atoms with Gasteiger partial charge < -0.3 is 10.1 Å². The lowest BCUT2D eigenvalue weighted by atomic mass is 9.85. The highest BCUT2D eigenvalue weighted by Crippen LogP contribution is 2.37. The number of hydrogen-bond acceptors (Lipinski definition) is 4. The predicted molar refractivity (Wildman–Crippen MR) is 86.3 cm³/mol. The summed E-state index contributed by atoms with van der Waals surface area (Å²) in [4.78, 5) is 0. The summed E-state index contributed by atoms with van der Waals surface area (Å²) in [5.41, 5.74) is 0.240. The van der Waals surface area contributed by atoms with Crippen LogP contribution < -0.4 is 5.32 Å². The number of rotatable bonds is 3. The minimum Gasteiger partial charge on any atom is -0.375 e. The van der Waals surface area contributed by atoms with Gasteiger partial charge in [-0.1, -0.05) is 0 Å². The summed E-state index contributed by atoms with van der Waals surface area (Å²) in [7, 11) is 0. The van der Waals surface area contributed by atoms with Crippen LogP contribution in [0, 0.1) is 5.92 Å². The summed E-state index contributed by atoms with van der Waals surface area (Å²) in [6.07, 6.45) is 7.86. The first-order valence-corrected chi connectivity index (χ1v) is 10.2. The van der Waals surface area contributed by atoms with Gasteiger partial charge in [0.1, 0.15) is 0 Å². The Morgan fingerprint density at radius 1 is 1.00 bits per heavy atom. The molecule has 3 fully saturated rings. The molecule has 1 atom stereocenters. The van der Waals surface area contributed by atoms with Gasteiger partial charge in [0.25, 0.3) is 0 Å². The van der Waals surface area contributed by atoms with Gasteiger partial charge in [-0.05, 0) is 74.0 Å². The van der Waals surface area contributed by atoms with Gasteiger partial charge in [-0.3, -0.25) is 0 Å². The van der Waals surface area contributed by atoms with Crippen molar-refractivity contribution in [3.05, 3.63) is 0 Å². The Morgan fingerprint density at radius 2 is 1.74 bits per heavy atom. The van der Waals surface area contributed by atoms with Crippen LogP contribution in [-0.4, -0.2) is 47.8 Å². The van der Waals surface area contributed by atoms with Gasteiger partial charge in [0.15, 0.2) is 0 Å². The molecule has 3 heterocycles. The van der Waals surface area contributed by atoms with Gasteiger partial charge in [-0.25, -0.2) is 0 Å². The molecule has 1 unspecified atom stereocenters. The van der Waals surface area contributed by atoms with E-state index < -0.39 is 0 Å². The predicted octanol–water partition coefficient (Wildman–Crippen LogP) is 3.16. The van der Waals surface area contributed by atoms with Crippen LogP contribution in [0.15, 0.2) is 0 Å². The second-order valence-electron chi connectivity index (χ2n) is 6.30. The van der Waals surface area contributed by atoms with Gasteiger partial charge in [0.05, 0.1) is 5.60 Å². The molecule has 110 valence electrons. The summed E-state index contributed by atoms with van der Waals surface area (Å²) < 4.78 is 6.17. The van der Waals surface area contributed by atoms with Crippen molar-refractivity contribution in [2.24, 2.45) is 5.92 Å². The first-order valence-electron chi connectivity index (χ1n) is 7.89. The Bertz CT molecular complexity index is 270. The Morgan fingerprint density at radius 3 is 2.53 bits per heavy atom. The van der Waals surface area contributed by atoms with Crippen LogP contribution in [0.25, 0.3) is 0 Å². The molecule has 3 aliphatic heterocycles. The van der Waals surface area contributed by atoms with Crippen molar-refractivity contribution < 1.29 is 4.74 Å². The zero-order valence-corrected chi connectivity index (χ0v) is 13.5. The summed E-state index contributed by atoms with van der Waals surface area (Å²) in [5, 5.41) is 3.87. The molecule has 0 aromatic heterocycles. The fourth-order valence-corrected chi connectivity index (χ4v) is 6.02. The average molecular weight is 302 g/mol. The second kappa shape index (κ2) is 7.06. The summed E-state index contributed by atoms with van der Waals surface area (Å²) in [6, 6.07) is 0.714. The fraction of sp³-hybridized carbons (Fsp3) is 1.00. The van der Waals surface area contributed by atoms with Crippen molar-refractivity contribution in [2.45, 2.75) is 50.2 Å².